The molecule has 3 unspecified atom stereocenters. The van der Waals surface area contributed by atoms with E-state index in [1.54, 1.807) is 0 Å². The number of hydrogen-bond donors (Lipinski definition) is 0. The van der Waals surface area contributed by atoms with Crippen molar-refractivity contribution in [3.8, 4) is 11.5 Å². The van der Waals surface area contributed by atoms with E-state index in [0.717, 1.165) is 40.1 Å². The maximum atomic E-state index is 14.9. The Morgan fingerprint density at radius 2 is 1.68 bits per heavy atom. The van der Waals surface area contributed by atoms with Crippen LogP contribution < -0.4 is 14.4 Å². The molecule has 0 radical (unpaired) electrons. The number of rotatable bonds is 6. The number of para-hydroxylation sites is 1. The summed E-state index contributed by atoms with van der Waals surface area (Å²) in [5.74, 6) is 1.91. The molecule has 40 heavy (non-hydrogen) atoms. The third-order valence-electron chi connectivity index (χ3n) is 8.34. The van der Waals surface area contributed by atoms with Crippen molar-refractivity contribution in [2.75, 3.05) is 11.5 Å². The van der Waals surface area contributed by atoms with Gasteiger partial charge in [-0.05, 0) is 46.7 Å². The van der Waals surface area contributed by atoms with Crippen LogP contribution >= 0.6 is 0 Å². The molecule has 3 atom stereocenters. The number of hydrogen-bond acceptors (Lipinski definition) is 3. The minimum atomic E-state index is -0.895. The zero-order chi connectivity index (χ0) is 27.1. The lowest BCUT2D eigenvalue weighted by atomic mass is 9.77. The molecule has 7 rings (SSSR count). The second-order valence-electron chi connectivity index (χ2n) is 10.9. The molecule has 0 aromatic heterocycles. The predicted octanol–water partition coefficient (Wildman–Crippen LogP) is 7.55. The molecule has 0 bridgehead atoms. The van der Waals surface area contributed by atoms with Gasteiger partial charge in [-0.3, -0.25) is 9.69 Å². The highest BCUT2D eigenvalue weighted by atomic mass is 16.5. The average Bonchev–Trinajstić information content (AvgIpc) is 3.50. The number of carbonyl (C=O) groups is 1. The Labute approximate surface area is 235 Å². The monoisotopic (exact) mass is 525 g/mol. The molecule has 1 amide bonds. The lowest BCUT2D eigenvalue weighted by Gasteiger charge is -2.34. The normalized spacial score (nSPS) is 21.5. The van der Waals surface area contributed by atoms with Crippen molar-refractivity contribution in [1.82, 2.24) is 0 Å². The molecule has 198 valence electrons. The van der Waals surface area contributed by atoms with Crippen molar-refractivity contribution in [3.63, 3.8) is 0 Å². The molecule has 2 heterocycles. The van der Waals surface area contributed by atoms with Gasteiger partial charge in [-0.2, -0.15) is 0 Å². The number of amides is 1. The minimum Gasteiger partial charge on any atom is -0.491 e. The number of allylic oxidation sites excluding steroid dienone is 3. The van der Waals surface area contributed by atoms with Crippen molar-refractivity contribution in [2.24, 2.45) is 5.92 Å². The van der Waals surface area contributed by atoms with Crippen molar-refractivity contribution < 1.29 is 14.3 Å². The Morgan fingerprint density at radius 1 is 0.925 bits per heavy atom. The molecule has 4 nitrogen and oxygen atoms in total. The van der Waals surface area contributed by atoms with Crippen molar-refractivity contribution in [2.45, 2.75) is 31.4 Å². The zero-order valence-corrected chi connectivity index (χ0v) is 22.5. The summed E-state index contributed by atoms with van der Waals surface area (Å²) in [7, 11) is 0. The SMILES string of the molecule is CC1C=CC=C(C(c2ccccc2)N2C(=O)C3(COc4cc(OCc5ccccc5)ccc43)c3ccccc32)C1. The van der Waals surface area contributed by atoms with Crippen molar-refractivity contribution in [1.29, 1.82) is 0 Å². The van der Waals surface area contributed by atoms with Gasteiger partial charge in [0.15, 0.2) is 0 Å². The number of carbonyl (C=O) groups excluding carboxylic acids is 1. The Balaban J connectivity index is 1.30. The second kappa shape index (κ2) is 9.87. The fourth-order valence-corrected chi connectivity index (χ4v) is 6.44. The molecule has 0 N–H and O–H groups in total. The standard InChI is InChI=1S/C36H31NO3/c1-25-11-10-16-28(21-25)34(27-14-6-3-7-15-27)37-32-18-9-8-17-30(32)36(35(37)38)24-40-33-22-29(19-20-31(33)36)39-23-26-12-4-2-5-13-26/h2-20,22,25,34H,21,23-24H2,1H3. The van der Waals surface area contributed by atoms with Gasteiger partial charge in [0.1, 0.15) is 30.1 Å². The highest BCUT2D eigenvalue weighted by molar-refractivity contribution is 6.12. The Kier molecular flexibility index (Phi) is 6.04. The summed E-state index contributed by atoms with van der Waals surface area (Å²) >= 11 is 0. The molecule has 1 spiro atoms. The minimum absolute atomic E-state index is 0.0577. The van der Waals surface area contributed by atoms with Gasteiger partial charge >= 0.3 is 0 Å². The summed E-state index contributed by atoms with van der Waals surface area (Å²) in [6, 6.07) is 34.4. The summed E-state index contributed by atoms with van der Waals surface area (Å²) in [4.78, 5) is 16.9. The van der Waals surface area contributed by atoms with Crippen LogP contribution in [0.3, 0.4) is 0 Å². The molecular formula is C36H31NO3. The van der Waals surface area contributed by atoms with Crippen LogP contribution in [0, 0.1) is 5.92 Å². The number of benzene rings is 4. The topological polar surface area (TPSA) is 38.8 Å². The lowest BCUT2D eigenvalue weighted by Crippen LogP contribution is -2.44. The van der Waals surface area contributed by atoms with Gasteiger partial charge in [0.25, 0.3) is 0 Å². The summed E-state index contributed by atoms with van der Waals surface area (Å²) in [5.41, 5.74) is 5.41. The molecule has 2 aliphatic heterocycles. The van der Waals surface area contributed by atoms with Crippen molar-refractivity contribution >= 4 is 11.6 Å². The Hall–Kier alpha value is -4.57. The molecule has 1 aliphatic carbocycles. The molecule has 0 saturated heterocycles. The number of anilines is 1. The maximum absolute atomic E-state index is 14.9. The van der Waals surface area contributed by atoms with Crippen LogP contribution in [-0.2, 0) is 16.8 Å². The molecule has 3 aliphatic rings. The quantitative estimate of drug-likeness (QED) is 0.261. The van der Waals surface area contributed by atoms with Crippen molar-refractivity contribution in [3.05, 3.63) is 149 Å². The largest absolute Gasteiger partial charge is 0.491 e. The average molecular weight is 526 g/mol. The lowest BCUT2D eigenvalue weighted by molar-refractivity contribution is -0.122. The molecule has 0 saturated carbocycles. The van der Waals surface area contributed by atoms with Crippen LogP contribution in [0.5, 0.6) is 11.5 Å². The fraction of sp³-hybridized carbons (Fsp3) is 0.194. The Morgan fingerprint density at radius 3 is 2.48 bits per heavy atom. The van der Waals surface area contributed by atoms with Crippen LogP contribution in [0.25, 0.3) is 0 Å². The van der Waals surface area contributed by atoms with Gasteiger partial charge in [0.05, 0.1) is 6.04 Å². The van der Waals surface area contributed by atoms with E-state index in [0.29, 0.717) is 18.3 Å². The van der Waals surface area contributed by atoms with E-state index in [4.69, 9.17) is 9.47 Å². The van der Waals surface area contributed by atoms with Gasteiger partial charge < -0.3 is 9.47 Å². The zero-order valence-electron chi connectivity index (χ0n) is 22.5. The second-order valence-corrected chi connectivity index (χ2v) is 10.9. The molecule has 4 heteroatoms. The van der Waals surface area contributed by atoms with E-state index in [-0.39, 0.29) is 18.6 Å². The van der Waals surface area contributed by atoms with Crippen LogP contribution in [-0.4, -0.2) is 12.5 Å². The molecule has 4 aromatic rings. The predicted molar refractivity (Wildman–Crippen MR) is 158 cm³/mol. The fourth-order valence-electron chi connectivity index (χ4n) is 6.44. The first-order chi connectivity index (χ1) is 19.6. The third-order valence-corrected chi connectivity index (χ3v) is 8.34. The van der Waals surface area contributed by atoms with Crippen LogP contribution in [0.2, 0.25) is 0 Å². The van der Waals surface area contributed by atoms with Crippen LogP contribution in [0.1, 0.15) is 41.6 Å². The van der Waals surface area contributed by atoms with E-state index in [1.807, 2.05) is 71.6 Å². The van der Waals surface area contributed by atoms with Gasteiger partial charge in [-0.1, -0.05) is 110 Å². The molecule has 4 aromatic carbocycles. The van der Waals surface area contributed by atoms with E-state index in [2.05, 4.69) is 61.5 Å². The van der Waals surface area contributed by atoms with Gasteiger partial charge in [0.2, 0.25) is 5.91 Å². The Bertz CT molecular complexity index is 1620. The summed E-state index contributed by atoms with van der Waals surface area (Å²) < 4.78 is 12.4. The summed E-state index contributed by atoms with van der Waals surface area (Å²) in [5, 5.41) is 0. The smallest absolute Gasteiger partial charge is 0.246 e. The first-order valence-corrected chi connectivity index (χ1v) is 13.9. The summed E-state index contributed by atoms with van der Waals surface area (Å²) in [6.07, 6.45) is 7.45. The summed E-state index contributed by atoms with van der Waals surface area (Å²) in [6.45, 7) is 2.97. The maximum Gasteiger partial charge on any atom is 0.246 e. The first-order valence-electron chi connectivity index (χ1n) is 13.9. The van der Waals surface area contributed by atoms with Gasteiger partial charge in [-0.25, -0.2) is 0 Å². The van der Waals surface area contributed by atoms with Gasteiger partial charge in [0, 0.05) is 17.3 Å². The number of ether oxygens (including phenoxy) is 2. The molecular weight excluding hydrogens is 494 g/mol. The first kappa shape index (κ1) is 24.5. The highest BCUT2D eigenvalue weighted by Crippen LogP contribution is 2.55. The van der Waals surface area contributed by atoms with E-state index < -0.39 is 5.41 Å². The third kappa shape index (κ3) is 3.94. The number of nitrogens with zero attached hydrogens (tertiary/aromatic N) is 1. The van der Waals surface area contributed by atoms with Crippen LogP contribution in [0.4, 0.5) is 5.69 Å². The molecule has 0 fully saturated rings. The van der Waals surface area contributed by atoms with Crippen LogP contribution in [0.15, 0.2) is 127 Å². The van der Waals surface area contributed by atoms with E-state index >= 15 is 0 Å². The number of fused-ring (bicyclic) bond motifs is 4. The highest BCUT2D eigenvalue weighted by Gasteiger charge is 2.58. The van der Waals surface area contributed by atoms with Gasteiger partial charge in [-0.15, -0.1) is 0 Å². The van der Waals surface area contributed by atoms with E-state index in [1.165, 1.54) is 5.57 Å². The van der Waals surface area contributed by atoms with E-state index in [9.17, 15) is 4.79 Å².